The van der Waals surface area contributed by atoms with Crippen LogP contribution in [0, 0.1) is 0 Å². The van der Waals surface area contributed by atoms with Gasteiger partial charge < -0.3 is 21.0 Å². The first kappa shape index (κ1) is 12.3. The van der Waals surface area contributed by atoms with E-state index in [4.69, 9.17) is 15.7 Å². The summed E-state index contributed by atoms with van der Waals surface area (Å²) in [7, 11) is 0. The minimum absolute atomic E-state index is 0.297. The van der Waals surface area contributed by atoms with Crippen molar-refractivity contribution in [3.63, 3.8) is 0 Å². The van der Waals surface area contributed by atoms with Crippen molar-refractivity contribution in [1.82, 2.24) is 5.32 Å². The highest BCUT2D eigenvalue weighted by Crippen LogP contribution is 2.11. The standard InChI is InChI=1S/C10H21N3O2/c11-10(13-14)5-3-6-12-8-9-4-1-2-7-15-9/h9,12,14H,1-8H2,(H2,11,13). The van der Waals surface area contributed by atoms with Crippen molar-refractivity contribution in [2.75, 3.05) is 19.7 Å². The van der Waals surface area contributed by atoms with Gasteiger partial charge in [-0.1, -0.05) is 5.16 Å². The van der Waals surface area contributed by atoms with Crippen molar-refractivity contribution in [3.05, 3.63) is 0 Å². The zero-order chi connectivity index (χ0) is 10.9. The summed E-state index contributed by atoms with van der Waals surface area (Å²) < 4.78 is 5.58. The summed E-state index contributed by atoms with van der Waals surface area (Å²) >= 11 is 0. The first-order chi connectivity index (χ1) is 7.33. The maximum Gasteiger partial charge on any atom is 0.139 e. The van der Waals surface area contributed by atoms with Crippen LogP contribution in [0.2, 0.25) is 0 Å². The molecule has 15 heavy (non-hydrogen) atoms. The van der Waals surface area contributed by atoms with Crippen LogP contribution in [-0.2, 0) is 4.74 Å². The third-order valence-electron chi connectivity index (χ3n) is 2.56. The summed E-state index contributed by atoms with van der Waals surface area (Å²) in [6.45, 7) is 2.70. The molecule has 0 radical (unpaired) electrons. The van der Waals surface area contributed by atoms with Crippen LogP contribution in [0.1, 0.15) is 32.1 Å². The van der Waals surface area contributed by atoms with Crippen LogP contribution in [0.3, 0.4) is 0 Å². The minimum atomic E-state index is 0.297. The lowest BCUT2D eigenvalue weighted by Gasteiger charge is -2.22. The van der Waals surface area contributed by atoms with E-state index in [0.29, 0.717) is 18.4 Å². The van der Waals surface area contributed by atoms with Crippen molar-refractivity contribution in [1.29, 1.82) is 0 Å². The number of hydrogen-bond donors (Lipinski definition) is 3. The fourth-order valence-corrected chi connectivity index (χ4v) is 1.68. The third kappa shape index (κ3) is 5.59. The van der Waals surface area contributed by atoms with Crippen molar-refractivity contribution >= 4 is 5.84 Å². The Bertz CT molecular complexity index is 191. The lowest BCUT2D eigenvalue weighted by atomic mass is 10.1. The summed E-state index contributed by atoms with van der Waals surface area (Å²) in [6.07, 6.45) is 5.53. The summed E-state index contributed by atoms with van der Waals surface area (Å²) in [5, 5.41) is 14.6. The van der Waals surface area contributed by atoms with Crippen molar-refractivity contribution < 1.29 is 9.94 Å². The van der Waals surface area contributed by atoms with Gasteiger partial charge in [-0.3, -0.25) is 0 Å². The normalized spacial score (nSPS) is 22.9. The molecule has 0 aromatic carbocycles. The van der Waals surface area contributed by atoms with Crippen LogP contribution in [0.4, 0.5) is 0 Å². The molecule has 5 heteroatoms. The predicted octanol–water partition coefficient (Wildman–Crippen LogP) is 0.672. The molecule has 0 aromatic rings. The van der Waals surface area contributed by atoms with Gasteiger partial charge in [0.1, 0.15) is 5.84 Å². The lowest BCUT2D eigenvalue weighted by molar-refractivity contribution is 0.0170. The van der Waals surface area contributed by atoms with E-state index >= 15 is 0 Å². The van der Waals surface area contributed by atoms with E-state index in [2.05, 4.69) is 10.5 Å². The Hall–Kier alpha value is -0.810. The first-order valence-electron chi connectivity index (χ1n) is 5.61. The van der Waals surface area contributed by atoms with E-state index < -0.39 is 0 Å². The van der Waals surface area contributed by atoms with Gasteiger partial charge in [0.05, 0.1) is 6.10 Å². The Labute approximate surface area is 90.7 Å². The molecule has 1 aliphatic heterocycles. The highest BCUT2D eigenvalue weighted by Gasteiger charge is 2.12. The molecule has 0 bridgehead atoms. The van der Waals surface area contributed by atoms with Gasteiger partial charge in [-0.05, 0) is 32.2 Å². The fraction of sp³-hybridized carbons (Fsp3) is 0.900. The molecule has 0 aromatic heterocycles. The number of oxime groups is 1. The second-order valence-corrected chi connectivity index (χ2v) is 3.89. The van der Waals surface area contributed by atoms with E-state index in [1.54, 1.807) is 0 Å². The number of nitrogens with two attached hydrogens (primary N) is 1. The van der Waals surface area contributed by atoms with Crippen LogP contribution in [-0.4, -0.2) is 36.8 Å². The molecule has 1 saturated heterocycles. The maximum atomic E-state index is 8.32. The summed E-state index contributed by atoms with van der Waals surface area (Å²) in [6, 6.07) is 0. The Morgan fingerprint density at radius 3 is 3.07 bits per heavy atom. The second-order valence-electron chi connectivity index (χ2n) is 3.89. The summed E-state index contributed by atoms with van der Waals surface area (Å²) in [4.78, 5) is 0. The number of nitrogens with one attached hydrogen (secondary N) is 1. The van der Waals surface area contributed by atoms with Crippen molar-refractivity contribution in [2.24, 2.45) is 10.9 Å². The van der Waals surface area contributed by atoms with Gasteiger partial charge in [0.15, 0.2) is 0 Å². The second kappa shape index (κ2) is 7.48. The van der Waals surface area contributed by atoms with Gasteiger partial charge in [0.25, 0.3) is 0 Å². The summed E-state index contributed by atoms with van der Waals surface area (Å²) in [5.74, 6) is 0.297. The number of hydrogen-bond acceptors (Lipinski definition) is 4. The highest BCUT2D eigenvalue weighted by molar-refractivity contribution is 5.79. The largest absolute Gasteiger partial charge is 0.409 e. The monoisotopic (exact) mass is 215 g/mol. The van der Waals surface area contributed by atoms with Gasteiger partial charge in [-0.25, -0.2) is 0 Å². The van der Waals surface area contributed by atoms with Crippen LogP contribution >= 0.6 is 0 Å². The van der Waals surface area contributed by atoms with Gasteiger partial charge in [0.2, 0.25) is 0 Å². The number of amidine groups is 1. The Morgan fingerprint density at radius 1 is 1.53 bits per heavy atom. The molecule has 88 valence electrons. The number of ether oxygens (including phenoxy) is 1. The predicted molar refractivity (Wildman–Crippen MR) is 59.1 cm³/mol. The maximum absolute atomic E-state index is 8.32. The molecule has 1 fully saturated rings. The van der Waals surface area contributed by atoms with E-state index in [0.717, 1.165) is 32.5 Å². The van der Waals surface area contributed by atoms with E-state index in [1.165, 1.54) is 12.8 Å². The molecule has 0 aliphatic carbocycles. The van der Waals surface area contributed by atoms with E-state index in [-0.39, 0.29) is 0 Å². The lowest BCUT2D eigenvalue weighted by Crippen LogP contribution is -2.32. The van der Waals surface area contributed by atoms with Gasteiger partial charge in [-0.15, -0.1) is 0 Å². The van der Waals surface area contributed by atoms with Gasteiger partial charge >= 0.3 is 0 Å². The molecule has 5 nitrogen and oxygen atoms in total. The Kier molecular flexibility index (Phi) is 6.11. The van der Waals surface area contributed by atoms with Crippen LogP contribution in [0.25, 0.3) is 0 Å². The fourth-order valence-electron chi connectivity index (χ4n) is 1.68. The van der Waals surface area contributed by atoms with Crippen LogP contribution in [0.15, 0.2) is 5.16 Å². The number of nitrogens with zero attached hydrogens (tertiary/aromatic N) is 1. The molecule has 0 spiro atoms. The molecule has 0 saturated carbocycles. The van der Waals surface area contributed by atoms with E-state index in [1.807, 2.05) is 0 Å². The molecule has 4 N–H and O–H groups in total. The molecule has 1 rings (SSSR count). The average molecular weight is 215 g/mol. The van der Waals surface area contributed by atoms with Gasteiger partial charge in [-0.2, -0.15) is 0 Å². The highest BCUT2D eigenvalue weighted by atomic mass is 16.5. The Morgan fingerprint density at radius 2 is 2.40 bits per heavy atom. The third-order valence-corrected chi connectivity index (χ3v) is 2.56. The SMILES string of the molecule is NC(CCCNCC1CCCCO1)=NO. The Balaban J connectivity index is 1.92. The van der Waals surface area contributed by atoms with Crippen LogP contribution in [0.5, 0.6) is 0 Å². The summed E-state index contributed by atoms with van der Waals surface area (Å²) in [5.41, 5.74) is 5.35. The zero-order valence-electron chi connectivity index (χ0n) is 9.11. The van der Waals surface area contributed by atoms with E-state index in [9.17, 15) is 0 Å². The molecule has 1 heterocycles. The quantitative estimate of drug-likeness (QED) is 0.200. The topological polar surface area (TPSA) is 79.9 Å². The van der Waals surface area contributed by atoms with Crippen LogP contribution < -0.4 is 11.1 Å². The van der Waals surface area contributed by atoms with Crippen molar-refractivity contribution in [2.45, 2.75) is 38.2 Å². The molecular weight excluding hydrogens is 194 g/mol. The zero-order valence-corrected chi connectivity index (χ0v) is 9.11. The van der Waals surface area contributed by atoms with Crippen molar-refractivity contribution in [3.8, 4) is 0 Å². The average Bonchev–Trinajstić information content (AvgIpc) is 2.29. The molecule has 0 amide bonds. The molecule has 1 unspecified atom stereocenters. The molecule has 1 aliphatic rings. The molecular formula is C10H21N3O2. The smallest absolute Gasteiger partial charge is 0.139 e. The molecule has 1 atom stereocenters. The minimum Gasteiger partial charge on any atom is -0.409 e. The number of rotatable bonds is 6. The van der Waals surface area contributed by atoms with Gasteiger partial charge in [0, 0.05) is 19.6 Å². The first-order valence-corrected chi connectivity index (χ1v) is 5.61.